The number of hydrogen-bond donors (Lipinski definition) is 1. The predicted molar refractivity (Wildman–Crippen MR) is 131 cm³/mol. The Bertz CT molecular complexity index is 1090. The van der Waals surface area contributed by atoms with Crippen molar-refractivity contribution in [3.63, 3.8) is 0 Å². The normalized spacial score (nSPS) is 42.8. The standard InChI is InChI=1S/C28H38O10/c1-12-17-9-18(35-13(2)29)22-27(8)20(36-14(3)30)10-19(33)26(6,7)23(27)21(34)25(38-16(5)32)28(22,11-17)24(12)37-15(4)31/h17-20,22-25,33H,1,9-11H2,2-8H3. The molecule has 4 rings (SSSR count). The highest BCUT2D eigenvalue weighted by molar-refractivity contribution is 5.92. The van der Waals surface area contributed by atoms with Gasteiger partial charge in [-0.1, -0.05) is 27.4 Å². The Morgan fingerprint density at radius 2 is 1.37 bits per heavy atom. The topological polar surface area (TPSA) is 143 Å². The van der Waals surface area contributed by atoms with E-state index in [0.29, 0.717) is 18.4 Å². The second kappa shape index (κ2) is 9.17. The van der Waals surface area contributed by atoms with E-state index in [0.717, 1.165) is 0 Å². The van der Waals surface area contributed by atoms with Crippen molar-refractivity contribution in [2.45, 2.75) is 98.2 Å². The number of fused-ring (bicyclic) bond motifs is 3. The number of hydrogen-bond acceptors (Lipinski definition) is 10. The summed E-state index contributed by atoms with van der Waals surface area (Å²) in [6.45, 7) is 14.5. The molecule has 10 unspecified atom stereocenters. The Morgan fingerprint density at radius 1 is 0.842 bits per heavy atom. The third-order valence-corrected chi connectivity index (χ3v) is 9.67. The number of Topliss-reactive ketones (excluding diaryl/α,β-unsaturated/α-hetero) is 1. The zero-order valence-corrected chi connectivity index (χ0v) is 23.1. The van der Waals surface area contributed by atoms with Crippen LogP contribution in [0.2, 0.25) is 0 Å². The molecule has 2 bridgehead atoms. The predicted octanol–water partition coefficient (Wildman–Crippen LogP) is 2.29. The number of aliphatic hydroxyl groups excluding tert-OH is 1. The highest BCUT2D eigenvalue weighted by Crippen LogP contribution is 2.72. The zero-order valence-electron chi connectivity index (χ0n) is 23.1. The maximum atomic E-state index is 14.6. The fourth-order valence-corrected chi connectivity index (χ4v) is 8.70. The second-order valence-corrected chi connectivity index (χ2v) is 12.3. The van der Waals surface area contributed by atoms with Gasteiger partial charge in [-0.15, -0.1) is 0 Å². The molecule has 0 heterocycles. The van der Waals surface area contributed by atoms with E-state index in [2.05, 4.69) is 6.58 Å². The SMILES string of the molecule is C=C1C2CC(OC(C)=O)C3C4(C)C(OC(C)=O)CC(O)C(C)(C)C4C(=O)C(OC(C)=O)C3(C2)C1OC(C)=O. The number of carbonyl (C=O) groups is 5. The van der Waals surface area contributed by atoms with Gasteiger partial charge in [-0.25, -0.2) is 0 Å². The molecule has 4 aliphatic rings. The number of esters is 4. The number of carbonyl (C=O) groups excluding carboxylic acids is 5. The number of rotatable bonds is 4. The van der Waals surface area contributed by atoms with Crippen LogP contribution in [-0.2, 0) is 42.9 Å². The highest BCUT2D eigenvalue weighted by atomic mass is 16.6. The minimum absolute atomic E-state index is 0.0487. The van der Waals surface area contributed by atoms with E-state index in [4.69, 9.17) is 18.9 Å². The lowest BCUT2D eigenvalue weighted by Crippen LogP contribution is -2.76. The van der Waals surface area contributed by atoms with Crippen LogP contribution in [0, 0.1) is 34.0 Å². The summed E-state index contributed by atoms with van der Waals surface area (Å²) in [5.74, 6) is -4.85. The molecule has 10 atom stereocenters. The first-order valence-corrected chi connectivity index (χ1v) is 13.1. The van der Waals surface area contributed by atoms with E-state index in [1.165, 1.54) is 27.7 Å². The Morgan fingerprint density at radius 3 is 1.89 bits per heavy atom. The summed E-state index contributed by atoms with van der Waals surface area (Å²) in [7, 11) is 0. The molecule has 0 radical (unpaired) electrons. The largest absolute Gasteiger partial charge is 0.462 e. The molecule has 4 aliphatic carbocycles. The third kappa shape index (κ3) is 3.89. The van der Waals surface area contributed by atoms with Crippen LogP contribution in [0.5, 0.6) is 0 Å². The smallest absolute Gasteiger partial charge is 0.303 e. The van der Waals surface area contributed by atoms with Gasteiger partial charge in [0.1, 0.15) is 18.3 Å². The minimum atomic E-state index is -1.37. The first-order chi connectivity index (χ1) is 17.5. The van der Waals surface area contributed by atoms with Crippen molar-refractivity contribution in [3.8, 4) is 0 Å². The fourth-order valence-electron chi connectivity index (χ4n) is 8.70. The Balaban J connectivity index is 2.07. The minimum Gasteiger partial charge on any atom is -0.462 e. The van der Waals surface area contributed by atoms with Crippen molar-refractivity contribution in [2.24, 2.45) is 34.0 Å². The van der Waals surface area contributed by atoms with Crippen molar-refractivity contribution >= 4 is 29.7 Å². The molecule has 10 nitrogen and oxygen atoms in total. The maximum Gasteiger partial charge on any atom is 0.303 e. The van der Waals surface area contributed by atoms with Gasteiger partial charge >= 0.3 is 23.9 Å². The average molecular weight is 535 g/mol. The van der Waals surface area contributed by atoms with Crippen molar-refractivity contribution in [1.82, 2.24) is 0 Å². The van der Waals surface area contributed by atoms with Gasteiger partial charge in [0.15, 0.2) is 11.9 Å². The molecular formula is C28H38O10. The molecule has 4 fully saturated rings. The van der Waals surface area contributed by atoms with E-state index in [1.807, 2.05) is 6.92 Å². The van der Waals surface area contributed by atoms with Gasteiger partial charge in [-0.2, -0.15) is 0 Å². The van der Waals surface area contributed by atoms with Gasteiger partial charge in [0.25, 0.3) is 0 Å². The monoisotopic (exact) mass is 534 g/mol. The van der Waals surface area contributed by atoms with Gasteiger partial charge in [0, 0.05) is 56.8 Å². The van der Waals surface area contributed by atoms with Gasteiger partial charge < -0.3 is 24.1 Å². The number of ketones is 1. The summed E-state index contributed by atoms with van der Waals surface area (Å²) in [6.07, 6.45) is -4.41. The van der Waals surface area contributed by atoms with Crippen LogP contribution in [0.1, 0.15) is 67.7 Å². The van der Waals surface area contributed by atoms with Crippen LogP contribution < -0.4 is 0 Å². The summed E-state index contributed by atoms with van der Waals surface area (Å²) in [4.78, 5) is 64.1. The molecule has 1 N–H and O–H groups in total. The van der Waals surface area contributed by atoms with Crippen molar-refractivity contribution < 1.29 is 48.0 Å². The van der Waals surface area contributed by atoms with Crippen LogP contribution in [-0.4, -0.2) is 65.3 Å². The van der Waals surface area contributed by atoms with E-state index in [-0.39, 0.29) is 12.3 Å². The molecule has 0 amide bonds. The second-order valence-electron chi connectivity index (χ2n) is 12.3. The number of aliphatic hydroxyl groups is 1. The van der Waals surface area contributed by atoms with Gasteiger partial charge in [0.05, 0.1) is 11.5 Å². The van der Waals surface area contributed by atoms with Gasteiger partial charge in [-0.3, -0.25) is 24.0 Å². The van der Waals surface area contributed by atoms with Crippen LogP contribution >= 0.6 is 0 Å². The summed E-state index contributed by atoms with van der Waals surface area (Å²) in [5, 5.41) is 11.2. The van der Waals surface area contributed by atoms with Gasteiger partial charge in [-0.05, 0) is 24.3 Å². The Kier molecular flexibility index (Phi) is 6.82. The van der Waals surface area contributed by atoms with Crippen LogP contribution in [0.3, 0.4) is 0 Å². The molecule has 4 saturated carbocycles. The lowest BCUT2D eigenvalue weighted by Gasteiger charge is -2.67. The molecule has 0 aromatic carbocycles. The van der Waals surface area contributed by atoms with Crippen molar-refractivity contribution in [1.29, 1.82) is 0 Å². The molecule has 10 heteroatoms. The average Bonchev–Trinajstić information content (AvgIpc) is 2.96. The van der Waals surface area contributed by atoms with Crippen LogP contribution in [0.25, 0.3) is 0 Å². The fraction of sp³-hybridized carbons (Fsp3) is 0.750. The van der Waals surface area contributed by atoms with Crippen molar-refractivity contribution in [2.75, 3.05) is 0 Å². The molecular weight excluding hydrogens is 496 g/mol. The summed E-state index contributed by atoms with van der Waals surface area (Å²) in [6, 6.07) is 0. The van der Waals surface area contributed by atoms with Gasteiger partial charge in [0.2, 0.25) is 0 Å². The third-order valence-electron chi connectivity index (χ3n) is 9.67. The van der Waals surface area contributed by atoms with E-state index in [1.54, 1.807) is 13.8 Å². The number of ether oxygens (including phenoxy) is 4. The highest BCUT2D eigenvalue weighted by Gasteiger charge is 2.80. The first kappa shape index (κ1) is 28.3. The molecule has 0 aromatic rings. The zero-order chi connectivity index (χ0) is 28.5. The van der Waals surface area contributed by atoms with E-state index >= 15 is 0 Å². The lowest BCUT2D eigenvalue weighted by molar-refractivity contribution is -0.277. The summed E-state index contributed by atoms with van der Waals surface area (Å²) >= 11 is 0. The quantitative estimate of drug-likeness (QED) is 0.324. The molecule has 38 heavy (non-hydrogen) atoms. The summed E-state index contributed by atoms with van der Waals surface area (Å²) < 4.78 is 23.4. The first-order valence-electron chi connectivity index (χ1n) is 13.1. The Labute approximate surface area is 222 Å². The Hall–Kier alpha value is -2.75. The molecule has 0 saturated heterocycles. The van der Waals surface area contributed by atoms with Crippen molar-refractivity contribution in [3.05, 3.63) is 12.2 Å². The van der Waals surface area contributed by atoms with E-state index in [9.17, 15) is 29.1 Å². The molecule has 0 aromatic heterocycles. The van der Waals surface area contributed by atoms with Crippen LogP contribution in [0.4, 0.5) is 0 Å². The lowest BCUT2D eigenvalue weighted by atomic mass is 9.38. The summed E-state index contributed by atoms with van der Waals surface area (Å²) in [5.41, 5.74) is -2.97. The molecule has 0 aliphatic heterocycles. The van der Waals surface area contributed by atoms with Crippen LogP contribution in [0.15, 0.2) is 12.2 Å². The van der Waals surface area contributed by atoms with E-state index < -0.39 is 88.3 Å². The maximum absolute atomic E-state index is 14.6. The molecule has 210 valence electrons. The molecule has 1 spiro atoms.